The molecule has 1 fully saturated rings. The molecule has 1 aromatic carbocycles. The van der Waals surface area contributed by atoms with E-state index in [1.807, 2.05) is 37.4 Å². The van der Waals surface area contributed by atoms with Crippen LogP contribution in [-0.4, -0.2) is 26.8 Å². The topological polar surface area (TPSA) is 58.0 Å². The fourth-order valence-corrected chi connectivity index (χ4v) is 3.79. The Kier molecular flexibility index (Phi) is 4.59. The third-order valence-electron chi connectivity index (χ3n) is 4.84. The van der Waals surface area contributed by atoms with E-state index in [1.54, 1.807) is 0 Å². The summed E-state index contributed by atoms with van der Waals surface area (Å²) in [6.07, 6.45) is 5.33. The summed E-state index contributed by atoms with van der Waals surface area (Å²) in [4.78, 5) is 2.48. The second-order valence-electron chi connectivity index (χ2n) is 6.60. The highest BCUT2D eigenvalue weighted by atomic mass is 35.5. The van der Waals surface area contributed by atoms with E-state index in [4.69, 9.17) is 16.1 Å². The van der Waals surface area contributed by atoms with Crippen molar-refractivity contribution in [3.63, 3.8) is 0 Å². The van der Waals surface area contributed by atoms with Crippen LogP contribution in [0.25, 0.3) is 11.3 Å². The minimum Gasteiger partial charge on any atom is -0.356 e. The van der Waals surface area contributed by atoms with E-state index in [1.165, 1.54) is 12.8 Å². The predicted octanol–water partition coefficient (Wildman–Crippen LogP) is 4.75. The molecule has 3 aromatic rings. The molecule has 0 aliphatic carbocycles. The summed E-state index contributed by atoms with van der Waals surface area (Å²) in [6.45, 7) is 3.80. The number of aromatic nitrogens is 3. The summed E-state index contributed by atoms with van der Waals surface area (Å²) in [5.74, 6) is 0.768. The van der Waals surface area contributed by atoms with Crippen molar-refractivity contribution in [3.05, 3.63) is 58.5 Å². The quantitative estimate of drug-likeness (QED) is 0.732. The molecule has 1 atom stereocenters. The van der Waals surface area contributed by atoms with Crippen LogP contribution in [0.2, 0.25) is 5.02 Å². The molecule has 0 bridgehead atoms. The van der Waals surface area contributed by atoms with Crippen LogP contribution in [-0.2, 0) is 6.54 Å². The summed E-state index contributed by atoms with van der Waals surface area (Å²) in [7, 11) is 0. The molecular weight excluding hydrogens is 336 g/mol. The summed E-state index contributed by atoms with van der Waals surface area (Å²) < 4.78 is 5.46. The predicted molar refractivity (Wildman–Crippen MR) is 97.3 cm³/mol. The van der Waals surface area contributed by atoms with Crippen LogP contribution < -0.4 is 0 Å². The molecule has 2 aromatic heterocycles. The summed E-state index contributed by atoms with van der Waals surface area (Å²) in [6, 6.07) is 10.3. The Hall–Kier alpha value is -2.11. The monoisotopic (exact) mass is 356 g/mol. The number of benzene rings is 1. The molecule has 0 saturated carbocycles. The number of aromatic amines is 1. The number of rotatable bonds is 4. The second-order valence-corrected chi connectivity index (χ2v) is 7.01. The molecule has 0 spiro atoms. The zero-order chi connectivity index (χ0) is 17.2. The largest absolute Gasteiger partial charge is 0.356 e. The number of hydrogen-bond acceptors (Lipinski definition) is 4. The molecule has 1 unspecified atom stereocenters. The van der Waals surface area contributed by atoms with Crippen molar-refractivity contribution in [1.29, 1.82) is 0 Å². The highest BCUT2D eigenvalue weighted by Crippen LogP contribution is 2.37. The zero-order valence-electron chi connectivity index (χ0n) is 14.2. The Balaban J connectivity index is 1.64. The average molecular weight is 357 g/mol. The van der Waals surface area contributed by atoms with Gasteiger partial charge in [-0.05, 0) is 37.9 Å². The van der Waals surface area contributed by atoms with Gasteiger partial charge < -0.3 is 4.52 Å². The molecule has 5 nitrogen and oxygen atoms in total. The van der Waals surface area contributed by atoms with Gasteiger partial charge in [-0.15, -0.1) is 0 Å². The molecule has 1 N–H and O–H groups in total. The van der Waals surface area contributed by atoms with Crippen LogP contribution in [0.5, 0.6) is 0 Å². The molecule has 130 valence electrons. The molecule has 0 radical (unpaired) electrons. The van der Waals surface area contributed by atoms with Crippen molar-refractivity contribution in [1.82, 2.24) is 20.3 Å². The molecule has 1 aliphatic heterocycles. The lowest BCUT2D eigenvalue weighted by molar-refractivity contribution is 0.137. The second kappa shape index (κ2) is 7.02. The SMILES string of the molecule is Cc1cc(-c2cn[nH]c2C2CCCCN2Cc2ccccc2Cl)on1. The van der Waals surface area contributed by atoms with E-state index in [0.29, 0.717) is 0 Å². The zero-order valence-corrected chi connectivity index (χ0v) is 15.0. The Labute approximate surface area is 152 Å². The fraction of sp³-hybridized carbons (Fsp3) is 0.368. The highest BCUT2D eigenvalue weighted by Gasteiger charge is 2.29. The molecule has 0 amide bonds. The fourth-order valence-electron chi connectivity index (χ4n) is 3.59. The van der Waals surface area contributed by atoms with Crippen molar-refractivity contribution in [2.75, 3.05) is 6.54 Å². The number of aryl methyl sites for hydroxylation is 1. The standard InChI is InChI=1S/C19H21ClN4O/c1-13-10-18(25-23-13)15-11-21-22-19(15)17-8-4-5-9-24(17)12-14-6-2-3-7-16(14)20/h2-3,6-7,10-11,17H,4-5,8-9,12H2,1H3,(H,21,22). The Bertz CT molecular complexity index is 856. The van der Waals surface area contributed by atoms with Gasteiger partial charge in [0, 0.05) is 17.6 Å². The van der Waals surface area contributed by atoms with Crippen molar-refractivity contribution < 1.29 is 4.52 Å². The van der Waals surface area contributed by atoms with Crippen LogP contribution in [0, 0.1) is 6.92 Å². The lowest BCUT2D eigenvalue weighted by Crippen LogP contribution is -2.33. The van der Waals surface area contributed by atoms with Gasteiger partial charge in [0.1, 0.15) is 0 Å². The van der Waals surface area contributed by atoms with Crippen molar-refractivity contribution >= 4 is 11.6 Å². The number of H-pyrrole nitrogens is 1. The number of piperidine rings is 1. The molecule has 25 heavy (non-hydrogen) atoms. The maximum absolute atomic E-state index is 6.38. The van der Waals surface area contributed by atoms with Crippen LogP contribution in [0.1, 0.15) is 42.3 Å². The van der Waals surface area contributed by atoms with Gasteiger partial charge in [-0.25, -0.2) is 0 Å². The lowest BCUT2D eigenvalue weighted by Gasteiger charge is -2.35. The van der Waals surface area contributed by atoms with Crippen molar-refractivity contribution in [3.8, 4) is 11.3 Å². The Morgan fingerprint density at radius 3 is 3.00 bits per heavy atom. The van der Waals surface area contributed by atoms with E-state index < -0.39 is 0 Å². The van der Waals surface area contributed by atoms with E-state index in [2.05, 4.69) is 26.3 Å². The third kappa shape index (κ3) is 3.34. The first-order chi connectivity index (χ1) is 12.2. The van der Waals surface area contributed by atoms with Gasteiger partial charge >= 0.3 is 0 Å². The lowest BCUT2D eigenvalue weighted by atomic mass is 9.95. The first-order valence-corrected chi connectivity index (χ1v) is 9.04. The molecular formula is C19H21ClN4O. The van der Waals surface area contributed by atoms with Crippen molar-refractivity contribution in [2.45, 2.75) is 38.8 Å². The molecule has 1 saturated heterocycles. The smallest absolute Gasteiger partial charge is 0.170 e. The highest BCUT2D eigenvalue weighted by molar-refractivity contribution is 6.31. The first kappa shape index (κ1) is 16.4. The average Bonchev–Trinajstić information content (AvgIpc) is 3.26. The summed E-state index contributed by atoms with van der Waals surface area (Å²) >= 11 is 6.38. The van der Waals surface area contributed by atoms with Gasteiger partial charge in [-0.3, -0.25) is 10.00 Å². The number of halogens is 1. The van der Waals surface area contributed by atoms with Gasteiger partial charge in [0.2, 0.25) is 0 Å². The van der Waals surface area contributed by atoms with Gasteiger partial charge in [0.05, 0.1) is 29.2 Å². The summed E-state index contributed by atoms with van der Waals surface area (Å²) in [5.41, 5.74) is 4.13. The molecule has 3 heterocycles. The molecule has 1 aliphatic rings. The minimum atomic E-state index is 0.271. The van der Waals surface area contributed by atoms with Crippen LogP contribution in [0.3, 0.4) is 0 Å². The number of nitrogens with one attached hydrogen (secondary N) is 1. The van der Waals surface area contributed by atoms with E-state index in [9.17, 15) is 0 Å². The van der Waals surface area contributed by atoms with E-state index >= 15 is 0 Å². The minimum absolute atomic E-state index is 0.271. The normalized spacial score (nSPS) is 18.6. The maximum atomic E-state index is 6.38. The van der Waals surface area contributed by atoms with Gasteiger partial charge in [-0.2, -0.15) is 5.10 Å². The van der Waals surface area contributed by atoms with Crippen LogP contribution in [0.15, 0.2) is 41.1 Å². The first-order valence-electron chi connectivity index (χ1n) is 8.67. The van der Waals surface area contributed by atoms with Crippen LogP contribution >= 0.6 is 11.6 Å². The van der Waals surface area contributed by atoms with Crippen LogP contribution in [0.4, 0.5) is 0 Å². The molecule has 4 rings (SSSR count). The number of nitrogens with zero attached hydrogens (tertiary/aromatic N) is 3. The third-order valence-corrected chi connectivity index (χ3v) is 5.21. The summed E-state index contributed by atoms with van der Waals surface area (Å²) in [5, 5.41) is 12.3. The maximum Gasteiger partial charge on any atom is 0.170 e. The van der Waals surface area contributed by atoms with Gasteiger partial charge in [0.25, 0.3) is 0 Å². The van der Waals surface area contributed by atoms with E-state index in [-0.39, 0.29) is 6.04 Å². The van der Waals surface area contributed by atoms with Gasteiger partial charge in [0.15, 0.2) is 5.76 Å². The Morgan fingerprint density at radius 2 is 2.20 bits per heavy atom. The Morgan fingerprint density at radius 1 is 1.32 bits per heavy atom. The van der Waals surface area contributed by atoms with Crippen molar-refractivity contribution in [2.24, 2.45) is 0 Å². The number of hydrogen-bond donors (Lipinski definition) is 1. The van der Waals surface area contributed by atoms with Gasteiger partial charge in [-0.1, -0.05) is 41.4 Å². The molecule has 6 heteroatoms. The number of likely N-dealkylation sites (tertiary alicyclic amines) is 1. The van der Waals surface area contributed by atoms with E-state index in [0.717, 1.165) is 52.8 Å².